The zero-order valence-corrected chi connectivity index (χ0v) is 37.1. The molecule has 0 fully saturated rings. The number of phosphoric ester groups is 1. The van der Waals surface area contributed by atoms with Crippen LogP contribution in [0.25, 0.3) is 0 Å². The number of esters is 1. The maximum absolute atomic E-state index is 12.6. The predicted molar refractivity (Wildman–Crippen MR) is 227 cm³/mol. The Labute approximate surface area is 334 Å². The SMILES string of the molecule is CCC/C=C\CCCCCCCC(=O)OC(COCCCCCCCCCCCC/C=C\CCCCCCCCCC)COP(=O)([O-])OCC[N+](C)(C)C. The van der Waals surface area contributed by atoms with Crippen LogP contribution in [0.2, 0.25) is 0 Å². The summed E-state index contributed by atoms with van der Waals surface area (Å²) in [6, 6.07) is 0. The molecule has 2 unspecified atom stereocenters. The minimum absolute atomic E-state index is 0.0254. The summed E-state index contributed by atoms with van der Waals surface area (Å²) in [6.07, 6.45) is 43.5. The van der Waals surface area contributed by atoms with Crippen molar-refractivity contribution in [3.63, 3.8) is 0 Å². The Kier molecular flexibility index (Phi) is 38.1. The number of likely N-dealkylation sites (N-methyl/N-ethyl adjacent to an activating group) is 1. The largest absolute Gasteiger partial charge is 0.756 e. The third kappa shape index (κ3) is 42.1. The third-order valence-electron chi connectivity index (χ3n) is 9.71. The molecule has 8 nitrogen and oxygen atoms in total. The first kappa shape index (κ1) is 53.0. The zero-order chi connectivity index (χ0) is 39.9. The van der Waals surface area contributed by atoms with Gasteiger partial charge < -0.3 is 27.9 Å². The lowest BCUT2D eigenvalue weighted by Crippen LogP contribution is -2.37. The van der Waals surface area contributed by atoms with Crippen molar-refractivity contribution in [3.05, 3.63) is 24.3 Å². The molecule has 0 saturated carbocycles. The topological polar surface area (TPSA) is 94.1 Å². The van der Waals surface area contributed by atoms with E-state index in [4.69, 9.17) is 18.5 Å². The number of unbranched alkanes of at least 4 members (excludes halogenated alkanes) is 24. The van der Waals surface area contributed by atoms with Gasteiger partial charge in [0.1, 0.15) is 19.3 Å². The molecular formula is C45H88NO7P. The summed E-state index contributed by atoms with van der Waals surface area (Å²) in [4.78, 5) is 25.0. The average molecular weight is 786 g/mol. The van der Waals surface area contributed by atoms with Gasteiger partial charge in [-0.15, -0.1) is 0 Å². The molecule has 0 saturated heterocycles. The highest BCUT2D eigenvalue weighted by molar-refractivity contribution is 7.45. The second kappa shape index (κ2) is 38.8. The number of rotatable bonds is 42. The Hall–Kier alpha value is -1.02. The third-order valence-corrected chi connectivity index (χ3v) is 10.7. The normalized spacial score (nSPS) is 14.0. The molecule has 0 aliphatic heterocycles. The first-order chi connectivity index (χ1) is 26.1. The molecule has 54 heavy (non-hydrogen) atoms. The molecule has 9 heteroatoms. The molecule has 0 aliphatic carbocycles. The van der Waals surface area contributed by atoms with Crippen LogP contribution in [0.4, 0.5) is 0 Å². The van der Waals surface area contributed by atoms with E-state index in [1.165, 1.54) is 128 Å². The quantitative estimate of drug-likeness (QED) is 0.0200. The molecule has 0 bridgehead atoms. The van der Waals surface area contributed by atoms with Gasteiger partial charge in [-0.2, -0.15) is 0 Å². The van der Waals surface area contributed by atoms with E-state index in [9.17, 15) is 14.3 Å². The molecule has 0 aromatic rings. The molecule has 0 rings (SSSR count). The number of allylic oxidation sites excluding steroid dienone is 4. The van der Waals surface area contributed by atoms with Gasteiger partial charge in [0, 0.05) is 13.0 Å². The fraction of sp³-hybridized carbons (Fsp3) is 0.889. The highest BCUT2D eigenvalue weighted by atomic mass is 31.2. The maximum Gasteiger partial charge on any atom is 0.306 e. The lowest BCUT2D eigenvalue weighted by Gasteiger charge is -2.28. The zero-order valence-electron chi connectivity index (χ0n) is 36.2. The van der Waals surface area contributed by atoms with Crippen LogP contribution in [0.1, 0.15) is 200 Å². The van der Waals surface area contributed by atoms with Crippen LogP contribution in [0, 0.1) is 0 Å². The molecule has 0 aromatic heterocycles. The van der Waals surface area contributed by atoms with E-state index in [0.29, 0.717) is 24.1 Å². The van der Waals surface area contributed by atoms with Crippen molar-refractivity contribution in [2.45, 2.75) is 206 Å². The van der Waals surface area contributed by atoms with Gasteiger partial charge in [-0.1, -0.05) is 160 Å². The number of carbonyl (C=O) groups is 1. The number of nitrogens with zero attached hydrogens (tertiary/aromatic N) is 1. The standard InChI is InChI=1S/C45H88NO7P/c1-6-8-10-12-14-16-18-19-20-21-22-23-24-25-26-27-28-29-31-33-35-37-40-50-42-44(43-52-54(48,49)51-41-39-46(3,4)5)53-45(47)38-36-34-32-30-17-15-13-11-9-7-2/h11,13,21-22,44H,6-10,12,14-20,23-43H2,1-5H3/b13-11-,22-21-. The summed E-state index contributed by atoms with van der Waals surface area (Å²) >= 11 is 0. The van der Waals surface area contributed by atoms with Gasteiger partial charge in [-0.05, 0) is 57.8 Å². The fourth-order valence-corrected chi connectivity index (χ4v) is 6.92. The molecule has 0 radical (unpaired) electrons. The molecule has 0 aromatic carbocycles. The van der Waals surface area contributed by atoms with E-state index in [0.717, 1.165) is 51.4 Å². The van der Waals surface area contributed by atoms with Crippen molar-refractivity contribution >= 4 is 13.8 Å². The van der Waals surface area contributed by atoms with Crippen LogP contribution in [0.5, 0.6) is 0 Å². The number of hydrogen-bond donors (Lipinski definition) is 0. The summed E-state index contributed by atoms with van der Waals surface area (Å²) in [5, 5.41) is 0. The summed E-state index contributed by atoms with van der Waals surface area (Å²) in [6.45, 7) is 5.35. The van der Waals surface area contributed by atoms with Gasteiger partial charge >= 0.3 is 5.97 Å². The van der Waals surface area contributed by atoms with Crippen molar-refractivity contribution in [2.24, 2.45) is 0 Å². The van der Waals surface area contributed by atoms with Crippen LogP contribution >= 0.6 is 7.82 Å². The van der Waals surface area contributed by atoms with E-state index < -0.39 is 13.9 Å². The van der Waals surface area contributed by atoms with Crippen molar-refractivity contribution in [1.82, 2.24) is 0 Å². The van der Waals surface area contributed by atoms with E-state index in [2.05, 4.69) is 38.2 Å². The van der Waals surface area contributed by atoms with Gasteiger partial charge in [-0.25, -0.2) is 0 Å². The van der Waals surface area contributed by atoms with Crippen LogP contribution in [-0.4, -0.2) is 70.7 Å². The summed E-state index contributed by atoms with van der Waals surface area (Å²) in [7, 11) is 1.35. The molecule has 0 aliphatic rings. The van der Waals surface area contributed by atoms with E-state index in [-0.39, 0.29) is 25.8 Å². The molecular weight excluding hydrogens is 697 g/mol. The Bertz CT molecular complexity index is 920. The van der Waals surface area contributed by atoms with Gasteiger partial charge in [0.05, 0.1) is 34.4 Å². The Morgan fingerprint density at radius 1 is 0.556 bits per heavy atom. The Balaban J connectivity index is 4.09. The lowest BCUT2D eigenvalue weighted by molar-refractivity contribution is -0.870. The van der Waals surface area contributed by atoms with Crippen LogP contribution in [0.15, 0.2) is 24.3 Å². The monoisotopic (exact) mass is 786 g/mol. The minimum atomic E-state index is -4.52. The average Bonchev–Trinajstić information content (AvgIpc) is 3.12. The first-order valence-corrected chi connectivity index (χ1v) is 24.0. The van der Waals surface area contributed by atoms with Crippen molar-refractivity contribution in [3.8, 4) is 0 Å². The molecule has 0 amide bonds. The highest BCUT2D eigenvalue weighted by Gasteiger charge is 2.20. The molecule has 0 N–H and O–H groups in total. The van der Waals surface area contributed by atoms with Gasteiger partial charge in [0.15, 0.2) is 0 Å². The van der Waals surface area contributed by atoms with Gasteiger partial charge in [0.25, 0.3) is 7.82 Å². The number of phosphoric acid groups is 1. The van der Waals surface area contributed by atoms with Gasteiger partial charge in [0.2, 0.25) is 0 Å². The van der Waals surface area contributed by atoms with Gasteiger partial charge in [-0.3, -0.25) is 9.36 Å². The van der Waals surface area contributed by atoms with E-state index >= 15 is 0 Å². The van der Waals surface area contributed by atoms with E-state index in [1.807, 2.05) is 21.1 Å². The van der Waals surface area contributed by atoms with Crippen LogP contribution in [0.3, 0.4) is 0 Å². The first-order valence-electron chi connectivity index (χ1n) is 22.6. The summed E-state index contributed by atoms with van der Waals surface area (Å²) < 4.78 is 34.5. The van der Waals surface area contributed by atoms with Crippen LogP contribution in [-0.2, 0) is 27.9 Å². The summed E-state index contributed by atoms with van der Waals surface area (Å²) in [5.74, 6) is -0.345. The van der Waals surface area contributed by atoms with Crippen molar-refractivity contribution < 1.29 is 37.3 Å². The maximum atomic E-state index is 12.6. The number of quaternary nitrogens is 1. The molecule has 320 valence electrons. The minimum Gasteiger partial charge on any atom is -0.756 e. The smallest absolute Gasteiger partial charge is 0.306 e. The van der Waals surface area contributed by atoms with E-state index in [1.54, 1.807) is 0 Å². The molecule has 2 atom stereocenters. The lowest BCUT2D eigenvalue weighted by atomic mass is 10.1. The van der Waals surface area contributed by atoms with Crippen molar-refractivity contribution in [2.75, 3.05) is 54.1 Å². The predicted octanol–water partition coefficient (Wildman–Crippen LogP) is 12.6. The Morgan fingerprint density at radius 3 is 1.48 bits per heavy atom. The summed E-state index contributed by atoms with van der Waals surface area (Å²) in [5.41, 5.74) is 0. The van der Waals surface area contributed by atoms with Crippen LogP contribution < -0.4 is 4.89 Å². The fourth-order valence-electron chi connectivity index (χ4n) is 6.19. The molecule has 0 heterocycles. The number of hydrogen-bond acceptors (Lipinski definition) is 7. The van der Waals surface area contributed by atoms with Crippen molar-refractivity contribution in [1.29, 1.82) is 0 Å². The second-order valence-electron chi connectivity index (χ2n) is 16.4. The highest BCUT2D eigenvalue weighted by Crippen LogP contribution is 2.38. The number of ether oxygens (including phenoxy) is 2. The Morgan fingerprint density at radius 2 is 1.00 bits per heavy atom. The number of carbonyl (C=O) groups excluding carboxylic acids is 1. The molecule has 0 spiro atoms. The second-order valence-corrected chi connectivity index (χ2v) is 17.8.